The van der Waals surface area contributed by atoms with Crippen LogP contribution in [0.1, 0.15) is 25.7 Å². The van der Waals surface area contributed by atoms with Crippen molar-refractivity contribution in [1.29, 1.82) is 0 Å². The predicted molar refractivity (Wildman–Crippen MR) is 93.5 cm³/mol. The lowest BCUT2D eigenvalue weighted by Crippen LogP contribution is -2.52. The van der Waals surface area contributed by atoms with Gasteiger partial charge in [-0.1, -0.05) is 0 Å². The fourth-order valence-electron chi connectivity index (χ4n) is 4.25. The van der Waals surface area contributed by atoms with Crippen molar-refractivity contribution in [3.63, 3.8) is 0 Å². The molecule has 26 heavy (non-hydrogen) atoms. The minimum Gasteiger partial charge on any atom is -0.469 e. The van der Waals surface area contributed by atoms with Crippen LogP contribution in [0.25, 0.3) is 0 Å². The van der Waals surface area contributed by atoms with E-state index >= 15 is 0 Å². The van der Waals surface area contributed by atoms with Gasteiger partial charge in [0.15, 0.2) is 0 Å². The van der Waals surface area contributed by atoms with Crippen LogP contribution in [0.2, 0.25) is 0 Å². The van der Waals surface area contributed by atoms with E-state index in [0.29, 0.717) is 25.7 Å². The fourth-order valence-corrected chi connectivity index (χ4v) is 4.25. The summed E-state index contributed by atoms with van der Waals surface area (Å²) in [5.74, 6) is -1.01. The average molecular weight is 366 g/mol. The molecule has 0 aromatic rings. The monoisotopic (exact) mass is 366 g/mol. The molecule has 2 aliphatic carbocycles. The highest BCUT2D eigenvalue weighted by Crippen LogP contribution is 2.36. The van der Waals surface area contributed by atoms with E-state index < -0.39 is 0 Å². The highest BCUT2D eigenvalue weighted by Gasteiger charge is 2.45. The van der Waals surface area contributed by atoms with Gasteiger partial charge in [0, 0.05) is 14.2 Å². The Morgan fingerprint density at radius 2 is 1.12 bits per heavy atom. The molecular formula is C18H26N2O6. The lowest BCUT2D eigenvalue weighted by Gasteiger charge is -2.41. The molecule has 1 heterocycles. The largest absolute Gasteiger partial charge is 0.469 e. The first-order valence-corrected chi connectivity index (χ1v) is 8.88. The maximum absolute atomic E-state index is 12.0. The molecule has 6 unspecified atom stereocenters. The van der Waals surface area contributed by atoms with E-state index in [9.17, 15) is 9.59 Å². The molecule has 2 saturated carbocycles. The molecule has 8 nitrogen and oxygen atoms in total. The molecule has 3 rings (SSSR count). The lowest BCUT2D eigenvalue weighted by molar-refractivity contribution is -0.148. The van der Waals surface area contributed by atoms with E-state index in [0.717, 1.165) is 11.4 Å². The van der Waals surface area contributed by atoms with E-state index in [-0.39, 0.29) is 48.1 Å². The summed E-state index contributed by atoms with van der Waals surface area (Å²) < 4.78 is 21.0. The highest BCUT2D eigenvalue weighted by molar-refractivity contribution is 6.06. The first-order valence-electron chi connectivity index (χ1n) is 8.88. The van der Waals surface area contributed by atoms with E-state index in [2.05, 4.69) is 0 Å². The van der Waals surface area contributed by atoms with Crippen LogP contribution in [-0.2, 0) is 28.5 Å². The minimum atomic E-state index is -0.275. The summed E-state index contributed by atoms with van der Waals surface area (Å²) in [7, 11) is 6.01. The van der Waals surface area contributed by atoms with Gasteiger partial charge in [-0.3, -0.25) is 19.6 Å². The number of aliphatic imine (C=N–C) groups is 2. The third-order valence-corrected chi connectivity index (χ3v) is 5.60. The van der Waals surface area contributed by atoms with Crippen molar-refractivity contribution >= 4 is 23.4 Å². The van der Waals surface area contributed by atoms with Crippen LogP contribution < -0.4 is 0 Å². The second-order valence-electron chi connectivity index (χ2n) is 6.97. The van der Waals surface area contributed by atoms with Gasteiger partial charge in [-0.15, -0.1) is 0 Å². The number of hydrogen-bond acceptors (Lipinski definition) is 8. The Kier molecular flexibility index (Phi) is 5.72. The summed E-state index contributed by atoms with van der Waals surface area (Å²) >= 11 is 0. The molecule has 0 N–H and O–H groups in total. The standard InChI is InChI=1S/C18H26N2O6/c1-23-13-7-9(17(21)25-3)5-11-15(13)19-12-6-10(18(22)26-4)8-14(24-2)16(12)20-11/h9-14H,5-8H2,1-4H3. The van der Waals surface area contributed by atoms with Crippen LogP contribution in [0, 0.1) is 11.8 Å². The fraction of sp³-hybridized carbons (Fsp3) is 0.778. The molecule has 6 atom stereocenters. The van der Waals surface area contributed by atoms with Gasteiger partial charge in [0.25, 0.3) is 0 Å². The van der Waals surface area contributed by atoms with Gasteiger partial charge >= 0.3 is 11.9 Å². The zero-order valence-corrected chi connectivity index (χ0v) is 15.6. The number of nitrogens with zero attached hydrogens (tertiary/aromatic N) is 2. The number of ether oxygens (including phenoxy) is 4. The number of carbonyl (C=O) groups is 2. The summed E-state index contributed by atoms with van der Waals surface area (Å²) in [5, 5.41) is 0. The van der Waals surface area contributed by atoms with E-state index in [4.69, 9.17) is 28.9 Å². The number of fused-ring (bicyclic) bond motifs is 2. The minimum absolute atomic E-state index is 0.212. The molecule has 0 aromatic heterocycles. The van der Waals surface area contributed by atoms with Gasteiger partial charge < -0.3 is 18.9 Å². The number of esters is 2. The topological polar surface area (TPSA) is 95.8 Å². The molecule has 0 aromatic carbocycles. The van der Waals surface area contributed by atoms with Crippen LogP contribution in [0.3, 0.4) is 0 Å². The maximum atomic E-state index is 12.0. The lowest BCUT2D eigenvalue weighted by atomic mass is 9.77. The summed E-state index contributed by atoms with van der Waals surface area (Å²) in [4.78, 5) is 33.8. The number of hydrogen-bond donors (Lipinski definition) is 0. The first kappa shape index (κ1) is 19.0. The Hall–Kier alpha value is -1.80. The zero-order chi connectivity index (χ0) is 18.8. The van der Waals surface area contributed by atoms with Crippen molar-refractivity contribution in [2.75, 3.05) is 28.4 Å². The number of rotatable bonds is 4. The van der Waals surface area contributed by atoms with Gasteiger partial charge in [-0.05, 0) is 25.7 Å². The van der Waals surface area contributed by atoms with Crippen molar-refractivity contribution < 1.29 is 28.5 Å². The quantitative estimate of drug-likeness (QED) is 0.684. The Balaban J connectivity index is 1.88. The third-order valence-electron chi connectivity index (χ3n) is 5.60. The molecule has 1 aliphatic heterocycles. The van der Waals surface area contributed by atoms with Crippen LogP contribution >= 0.6 is 0 Å². The van der Waals surface area contributed by atoms with Gasteiger partial charge in [0.05, 0.1) is 61.8 Å². The van der Waals surface area contributed by atoms with Crippen molar-refractivity contribution in [3.05, 3.63) is 0 Å². The van der Waals surface area contributed by atoms with Crippen LogP contribution in [0.15, 0.2) is 9.98 Å². The molecule has 2 fully saturated rings. The number of carbonyl (C=O) groups excluding carboxylic acids is 2. The van der Waals surface area contributed by atoms with Gasteiger partial charge in [-0.2, -0.15) is 0 Å². The molecule has 0 spiro atoms. The van der Waals surface area contributed by atoms with Crippen molar-refractivity contribution in [2.24, 2.45) is 21.8 Å². The smallest absolute Gasteiger partial charge is 0.308 e. The van der Waals surface area contributed by atoms with Crippen molar-refractivity contribution in [2.45, 2.75) is 50.0 Å². The molecular weight excluding hydrogens is 340 g/mol. The second kappa shape index (κ2) is 7.84. The summed E-state index contributed by atoms with van der Waals surface area (Å²) in [5.41, 5.74) is 1.70. The summed E-state index contributed by atoms with van der Waals surface area (Å²) in [6.07, 6.45) is 1.62. The summed E-state index contributed by atoms with van der Waals surface area (Å²) in [6, 6.07) is -0.423. The molecule has 0 radical (unpaired) electrons. The summed E-state index contributed by atoms with van der Waals surface area (Å²) in [6.45, 7) is 0. The maximum Gasteiger partial charge on any atom is 0.308 e. The van der Waals surface area contributed by atoms with Crippen molar-refractivity contribution in [1.82, 2.24) is 0 Å². The molecule has 3 aliphatic rings. The van der Waals surface area contributed by atoms with E-state index in [1.165, 1.54) is 14.2 Å². The van der Waals surface area contributed by atoms with Crippen LogP contribution in [0.4, 0.5) is 0 Å². The average Bonchev–Trinajstić information content (AvgIpc) is 2.69. The Labute approximate surface area is 152 Å². The second-order valence-corrected chi connectivity index (χ2v) is 6.97. The van der Waals surface area contributed by atoms with E-state index in [1.54, 1.807) is 14.2 Å². The Morgan fingerprint density at radius 3 is 1.42 bits per heavy atom. The molecule has 0 bridgehead atoms. The van der Waals surface area contributed by atoms with Gasteiger partial charge in [0.2, 0.25) is 0 Å². The molecule has 144 valence electrons. The Bertz CT molecular complexity index is 577. The van der Waals surface area contributed by atoms with Crippen LogP contribution in [-0.4, -0.2) is 76.1 Å². The van der Waals surface area contributed by atoms with Gasteiger partial charge in [-0.25, -0.2) is 0 Å². The molecule has 0 saturated heterocycles. The first-order chi connectivity index (χ1) is 12.5. The zero-order valence-electron chi connectivity index (χ0n) is 15.6. The molecule has 8 heteroatoms. The van der Waals surface area contributed by atoms with Crippen LogP contribution in [0.5, 0.6) is 0 Å². The van der Waals surface area contributed by atoms with Gasteiger partial charge in [0.1, 0.15) is 0 Å². The third kappa shape index (κ3) is 3.40. The predicted octanol–water partition coefficient (Wildman–Crippen LogP) is 0.815. The van der Waals surface area contributed by atoms with Crippen molar-refractivity contribution in [3.8, 4) is 0 Å². The van der Waals surface area contributed by atoms with E-state index in [1.807, 2.05) is 0 Å². The number of methoxy groups -OCH3 is 4. The molecule has 0 amide bonds. The highest BCUT2D eigenvalue weighted by atomic mass is 16.5. The normalized spacial score (nSPS) is 36.2. The SMILES string of the molecule is COC(=O)C1CC2N=C3C(CC(C(=O)OC)CC3OC)N=C2C(OC)C1. The Morgan fingerprint density at radius 1 is 0.731 bits per heavy atom.